The first kappa shape index (κ1) is 20.5. The molecule has 0 saturated carbocycles. The molecule has 0 N–H and O–H groups in total. The molecular weight excluding hydrogens is 369 g/mol. The summed E-state index contributed by atoms with van der Waals surface area (Å²) in [5.41, 5.74) is 4.03. The molecule has 0 saturated heterocycles. The molecule has 0 radical (unpaired) electrons. The lowest BCUT2D eigenvalue weighted by Crippen LogP contribution is -2.05. The Morgan fingerprint density at radius 3 is 2.55 bits per heavy atom. The molecule has 0 amide bonds. The number of aromatic nitrogens is 1. The van der Waals surface area contributed by atoms with E-state index in [9.17, 15) is 9.18 Å². The Balaban J connectivity index is 1.67. The molecule has 0 atom stereocenters. The summed E-state index contributed by atoms with van der Waals surface area (Å²) in [6.45, 7) is 4.20. The minimum atomic E-state index is -0.311. The van der Waals surface area contributed by atoms with Crippen molar-refractivity contribution in [1.29, 1.82) is 0 Å². The summed E-state index contributed by atoms with van der Waals surface area (Å²) < 4.78 is 25.2. The fraction of sp³-hybridized carbons (Fsp3) is 0.250. The van der Waals surface area contributed by atoms with Gasteiger partial charge in [-0.2, -0.15) is 0 Å². The van der Waals surface area contributed by atoms with Gasteiger partial charge in [-0.3, -0.25) is 9.78 Å². The zero-order chi connectivity index (χ0) is 20.6. The van der Waals surface area contributed by atoms with E-state index in [1.54, 1.807) is 19.2 Å². The van der Waals surface area contributed by atoms with Crippen molar-refractivity contribution in [1.82, 2.24) is 4.98 Å². The molecule has 0 unspecified atom stereocenters. The van der Waals surface area contributed by atoms with Crippen LogP contribution in [0.2, 0.25) is 0 Å². The lowest BCUT2D eigenvalue weighted by molar-refractivity contribution is -0.143. The summed E-state index contributed by atoms with van der Waals surface area (Å²) in [6, 6.07) is 16.3. The number of rotatable bonds is 8. The molecule has 0 aliphatic carbocycles. The highest BCUT2D eigenvalue weighted by Crippen LogP contribution is 2.27. The van der Waals surface area contributed by atoms with Crippen molar-refractivity contribution in [3.63, 3.8) is 0 Å². The fourth-order valence-corrected chi connectivity index (χ4v) is 2.99. The molecule has 0 aliphatic heterocycles. The number of pyridine rings is 1. The van der Waals surface area contributed by atoms with Crippen LogP contribution in [0.3, 0.4) is 0 Å². The van der Waals surface area contributed by atoms with Crippen LogP contribution in [0.25, 0.3) is 11.1 Å². The summed E-state index contributed by atoms with van der Waals surface area (Å²) in [5.74, 6) is 0.126. The Bertz CT molecular complexity index is 953. The van der Waals surface area contributed by atoms with Crippen LogP contribution in [0.1, 0.15) is 30.2 Å². The summed E-state index contributed by atoms with van der Waals surface area (Å²) in [4.78, 5) is 15.8. The number of esters is 1. The van der Waals surface area contributed by atoms with Crippen LogP contribution < -0.4 is 4.74 Å². The largest absolute Gasteiger partial charge is 0.489 e. The number of ether oxygens (including phenoxy) is 2. The molecule has 1 aromatic heterocycles. The standard InChI is InChI=1S/C24H24FNO3/c1-3-28-24(27)14-10-18-8-12-20(13-9-18)29-16-22-21(5-4-6-23(22)25)19-11-7-17(2)26-15-19/h4-9,11-13,15H,3,10,14,16H2,1-2H3. The lowest BCUT2D eigenvalue weighted by atomic mass is 10.0. The third kappa shape index (κ3) is 5.64. The third-order valence-electron chi connectivity index (χ3n) is 4.57. The van der Waals surface area contributed by atoms with Crippen LogP contribution in [0, 0.1) is 12.7 Å². The quantitative estimate of drug-likeness (QED) is 0.489. The van der Waals surface area contributed by atoms with Gasteiger partial charge in [0.05, 0.1) is 6.61 Å². The molecule has 29 heavy (non-hydrogen) atoms. The molecule has 1 heterocycles. The van der Waals surface area contributed by atoms with Gasteiger partial charge in [0, 0.05) is 29.4 Å². The maximum absolute atomic E-state index is 14.5. The van der Waals surface area contributed by atoms with Gasteiger partial charge in [-0.05, 0) is 55.7 Å². The highest BCUT2D eigenvalue weighted by atomic mass is 19.1. The first-order valence-corrected chi connectivity index (χ1v) is 9.64. The van der Waals surface area contributed by atoms with E-state index in [1.807, 2.05) is 49.4 Å². The number of halogens is 1. The number of nitrogens with zero attached hydrogens (tertiary/aromatic N) is 1. The van der Waals surface area contributed by atoms with Crippen molar-refractivity contribution in [3.05, 3.63) is 83.4 Å². The SMILES string of the molecule is CCOC(=O)CCc1ccc(OCc2c(F)cccc2-c2ccc(C)nc2)cc1. The van der Waals surface area contributed by atoms with Crippen molar-refractivity contribution in [2.75, 3.05) is 6.61 Å². The predicted octanol–water partition coefficient (Wildman–Crippen LogP) is 5.27. The molecule has 0 aliphatic rings. The van der Waals surface area contributed by atoms with Gasteiger partial charge in [-0.15, -0.1) is 0 Å². The Kier molecular flexibility index (Phi) is 6.95. The Labute approximate surface area is 170 Å². The van der Waals surface area contributed by atoms with Crippen molar-refractivity contribution in [2.24, 2.45) is 0 Å². The van der Waals surface area contributed by atoms with E-state index in [-0.39, 0.29) is 18.4 Å². The smallest absolute Gasteiger partial charge is 0.306 e. The average molecular weight is 393 g/mol. The van der Waals surface area contributed by atoms with Crippen molar-refractivity contribution >= 4 is 5.97 Å². The van der Waals surface area contributed by atoms with Crippen LogP contribution >= 0.6 is 0 Å². The van der Waals surface area contributed by atoms with Crippen molar-refractivity contribution in [3.8, 4) is 16.9 Å². The summed E-state index contributed by atoms with van der Waals surface area (Å²) in [5, 5.41) is 0. The van der Waals surface area contributed by atoms with Gasteiger partial charge < -0.3 is 9.47 Å². The molecule has 0 fully saturated rings. The second-order valence-electron chi connectivity index (χ2n) is 6.69. The van der Waals surface area contributed by atoms with E-state index in [4.69, 9.17) is 9.47 Å². The van der Waals surface area contributed by atoms with Crippen LogP contribution in [0.15, 0.2) is 60.8 Å². The van der Waals surface area contributed by atoms with E-state index >= 15 is 0 Å². The molecule has 5 heteroatoms. The summed E-state index contributed by atoms with van der Waals surface area (Å²) >= 11 is 0. The van der Waals surface area contributed by atoms with E-state index in [0.717, 1.165) is 22.4 Å². The third-order valence-corrected chi connectivity index (χ3v) is 4.57. The Morgan fingerprint density at radius 2 is 1.86 bits per heavy atom. The van der Waals surface area contributed by atoms with Crippen LogP contribution in [-0.4, -0.2) is 17.6 Å². The maximum atomic E-state index is 14.5. The minimum absolute atomic E-state index is 0.109. The minimum Gasteiger partial charge on any atom is -0.489 e. The molecule has 3 rings (SSSR count). The maximum Gasteiger partial charge on any atom is 0.306 e. The summed E-state index contributed by atoms with van der Waals surface area (Å²) in [6.07, 6.45) is 2.69. The highest BCUT2D eigenvalue weighted by Gasteiger charge is 2.12. The van der Waals surface area contributed by atoms with Crippen LogP contribution in [0.5, 0.6) is 5.75 Å². The number of hydrogen-bond acceptors (Lipinski definition) is 4. The zero-order valence-electron chi connectivity index (χ0n) is 16.7. The topological polar surface area (TPSA) is 48.4 Å². The number of aryl methyl sites for hydroxylation is 2. The molecule has 0 bridgehead atoms. The van der Waals surface area contributed by atoms with E-state index < -0.39 is 0 Å². The predicted molar refractivity (Wildman–Crippen MR) is 110 cm³/mol. The van der Waals surface area contributed by atoms with Crippen molar-refractivity contribution in [2.45, 2.75) is 33.3 Å². The molecule has 3 aromatic rings. The highest BCUT2D eigenvalue weighted by molar-refractivity contribution is 5.69. The van der Waals surface area contributed by atoms with Gasteiger partial charge in [0.15, 0.2) is 0 Å². The van der Waals surface area contributed by atoms with Gasteiger partial charge in [0.2, 0.25) is 0 Å². The van der Waals surface area contributed by atoms with E-state index in [0.29, 0.717) is 30.8 Å². The Hall–Kier alpha value is -3.21. The monoisotopic (exact) mass is 393 g/mol. The van der Waals surface area contributed by atoms with Crippen LogP contribution in [0.4, 0.5) is 4.39 Å². The van der Waals surface area contributed by atoms with E-state index in [1.165, 1.54) is 6.07 Å². The Morgan fingerprint density at radius 1 is 1.07 bits per heavy atom. The first-order chi connectivity index (χ1) is 14.1. The first-order valence-electron chi connectivity index (χ1n) is 9.64. The van der Waals surface area contributed by atoms with Gasteiger partial charge in [0.1, 0.15) is 18.2 Å². The van der Waals surface area contributed by atoms with Gasteiger partial charge in [-0.25, -0.2) is 4.39 Å². The van der Waals surface area contributed by atoms with E-state index in [2.05, 4.69) is 4.98 Å². The summed E-state index contributed by atoms with van der Waals surface area (Å²) in [7, 11) is 0. The number of carbonyl (C=O) groups is 1. The zero-order valence-corrected chi connectivity index (χ0v) is 16.7. The fourth-order valence-electron chi connectivity index (χ4n) is 2.99. The molecule has 4 nitrogen and oxygen atoms in total. The van der Waals surface area contributed by atoms with Gasteiger partial charge in [-0.1, -0.05) is 30.3 Å². The second kappa shape index (κ2) is 9.82. The number of hydrogen-bond donors (Lipinski definition) is 0. The van der Waals surface area contributed by atoms with Crippen LogP contribution in [-0.2, 0) is 22.6 Å². The molecule has 2 aromatic carbocycles. The van der Waals surface area contributed by atoms with Gasteiger partial charge in [0.25, 0.3) is 0 Å². The number of benzene rings is 2. The molecule has 150 valence electrons. The second-order valence-corrected chi connectivity index (χ2v) is 6.69. The van der Waals surface area contributed by atoms with Gasteiger partial charge >= 0.3 is 5.97 Å². The normalized spacial score (nSPS) is 10.6. The average Bonchev–Trinajstić information content (AvgIpc) is 2.73. The molecular formula is C24H24FNO3. The lowest BCUT2D eigenvalue weighted by Gasteiger charge is -2.13. The molecule has 0 spiro atoms. The van der Waals surface area contributed by atoms with Crippen molar-refractivity contribution < 1.29 is 18.7 Å². The number of carbonyl (C=O) groups excluding carboxylic acids is 1.